The number of aromatic nitrogens is 2. The molecule has 2 N–H and O–H groups in total. The molecule has 7 nitrogen and oxygen atoms in total. The molecule has 164 valence electrons. The van der Waals surface area contributed by atoms with Crippen LogP contribution in [0.4, 0.5) is 15.9 Å². The molecule has 0 bridgehead atoms. The minimum Gasteiger partial charge on any atom is -0.393 e. The number of sulfonamides is 1. The molecule has 0 radical (unpaired) electrons. The van der Waals surface area contributed by atoms with Crippen molar-refractivity contribution in [3.63, 3.8) is 0 Å². The smallest absolute Gasteiger partial charge is 0.243 e. The Balaban J connectivity index is 1.56. The van der Waals surface area contributed by atoms with Gasteiger partial charge in [0, 0.05) is 18.5 Å². The van der Waals surface area contributed by atoms with Gasteiger partial charge < -0.3 is 10.4 Å². The summed E-state index contributed by atoms with van der Waals surface area (Å²) in [5.74, 6) is 0.0328. The number of hydrogen-bond acceptors (Lipinski definition) is 5. The quantitative estimate of drug-likeness (QED) is 0.594. The van der Waals surface area contributed by atoms with Crippen molar-refractivity contribution in [3.8, 4) is 0 Å². The minimum atomic E-state index is -3.69. The molecule has 2 heterocycles. The van der Waals surface area contributed by atoms with E-state index in [4.69, 9.17) is 11.6 Å². The molecule has 2 aliphatic rings. The van der Waals surface area contributed by atoms with E-state index < -0.39 is 21.9 Å². The Morgan fingerprint density at radius 2 is 1.84 bits per heavy atom. The van der Waals surface area contributed by atoms with Crippen molar-refractivity contribution in [2.45, 2.75) is 42.7 Å². The molecule has 1 saturated carbocycles. The Morgan fingerprint density at radius 3 is 2.52 bits per heavy atom. The molecular formula is C21H22ClFN4O3S. The third kappa shape index (κ3) is 3.91. The van der Waals surface area contributed by atoms with Crippen LogP contribution in [0.2, 0.25) is 5.02 Å². The van der Waals surface area contributed by atoms with Gasteiger partial charge in [0.15, 0.2) is 5.82 Å². The predicted octanol–water partition coefficient (Wildman–Crippen LogP) is 4.05. The van der Waals surface area contributed by atoms with Gasteiger partial charge in [0.05, 0.1) is 33.3 Å². The highest BCUT2D eigenvalue weighted by Crippen LogP contribution is 2.40. The van der Waals surface area contributed by atoms with Crippen molar-refractivity contribution >= 4 is 44.0 Å². The van der Waals surface area contributed by atoms with E-state index in [0.717, 1.165) is 18.4 Å². The van der Waals surface area contributed by atoms with Gasteiger partial charge in [-0.25, -0.2) is 12.8 Å². The van der Waals surface area contributed by atoms with Crippen molar-refractivity contribution < 1.29 is 17.9 Å². The average Bonchev–Trinajstić information content (AvgIpc) is 3.52. The van der Waals surface area contributed by atoms with E-state index in [2.05, 4.69) is 10.4 Å². The number of anilines is 2. The summed E-state index contributed by atoms with van der Waals surface area (Å²) in [4.78, 5) is 0.181. The fourth-order valence-corrected chi connectivity index (χ4v) is 5.63. The number of halogens is 2. The second-order valence-corrected chi connectivity index (χ2v) is 10.4. The zero-order valence-electron chi connectivity index (χ0n) is 16.6. The molecule has 0 atom stereocenters. The maximum atomic E-state index is 13.4. The second-order valence-electron chi connectivity index (χ2n) is 8.09. The molecule has 1 aromatic heterocycles. The average molecular weight is 465 g/mol. The van der Waals surface area contributed by atoms with Crippen molar-refractivity contribution in [1.82, 2.24) is 14.1 Å². The number of piperidine rings is 1. The van der Waals surface area contributed by atoms with Crippen LogP contribution >= 0.6 is 11.6 Å². The minimum absolute atomic E-state index is 0.181. The van der Waals surface area contributed by atoms with Crippen LogP contribution in [0.3, 0.4) is 0 Å². The van der Waals surface area contributed by atoms with Gasteiger partial charge in [-0.15, -0.1) is 0 Å². The topological polar surface area (TPSA) is 87.5 Å². The molecule has 2 fully saturated rings. The Kier molecular flexibility index (Phi) is 5.16. The highest BCUT2D eigenvalue weighted by Gasteiger charge is 2.31. The van der Waals surface area contributed by atoms with E-state index in [1.807, 2.05) is 4.68 Å². The van der Waals surface area contributed by atoms with Gasteiger partial charge in [0.2, 0.25) is 10.0 Å². The van der Waals surface area contributed by atoms with E-state index in [0.29, 0.717) is 42.8 Å². The number of fused-ring (bicyclic) bond motifs is 1. The molecule has 1 aliphatic heterocycles. The van der Waals surface area contributed by atoms with Crippen molar-refractivity contribution in [2.75, 3.05) is 18.4 Å². The molecule has 0 unspecified atom stereocenters. The van der Waals surface area contributed by atoms with Crippen LogP contribution in [0.5, 0.6) is 0 Å². The Hall–Kier alpha value is -2.20. The zero-order valence-corrected chi connectivity index (χ0v) is 18.2. The van der Waals surface area contributed by atoms with Gasteiger partial charge in [-0.1, -0.05) is 11.6 Å². The van der Waals surface area contributed by atoms with E-state index in [-0.39, 0.29) is 16.0 Å². The summed E-state index contributed by atoms with van der Waals surface area (Å²) < 4.78 is 43.1. The normalized spacial score (nSPS) is 18.5. The molecule has 1 saturated heterocycles. The maximum absolute atomic E-state index is 13.4. The van der Waals surface area contributed by atoms with E-state index in [1.165, 1.54) is 22.5 Å². The summed E-state index contributed by atoms with van der Waals surface area (Å²) in [6, 6.07) is 9.34. The van der Waals surface area contributed by atoms with Crippen LogP contribution in [-0.2, 0) is 10.0 Å². The fourth-order valence-electron chi connectivity index (χ4n) is 3.92. The maximum Gasteiger partial charge on any atom is 0.243 e. The first-order chi connectivity index (χ1) is 14.8. The highest BCUT2D eigenvalue weighted by molar-refractivity contribution is 7.89. The fraction of sp³-hybridized carbons (Fsp3) is 0.381. The van der Waals surface area contributed by atoms with Crippen LogP contribution in [0.15, 0.2) is 41.3 Å². The van der Waals surface area contributed by atoms with E-state index in [1.54, 1.807) is 18.2 Å². The molecule has 10 heteroatoms. The lowest BCUT2D eigenvalue weighted by Gasteiger charge is -2.28. The van der Waals surface area contributed by atoms with Crippen molar-refractivity contribution in [2.24, 2.45) is 0 Å². The molecular weight excluding hydrogens is 443 g/mol. The summed E-state index contributed by atoms with van der Waals surface area (Å²) in [6.07, 6.45) is 2.43. The largest absolute Gasteiger partial charge is 0.393 e. The zero-order chi connectivity index (χ0) is 21.8. The summed E-state index contributed by atoms with van der Waals surface area (Å²) in [5.41, 5.74) is 1.32. The molecule has 2 aromatic carbocycles. The SMILES string of the molecule is O=S(=O)(c1ccc2c(c1)c(Nc1ccc(F)cc1Cl)nn2C1CC1)N1CCC(O)CC1. The van der Waals surface area contributed by atoms with Crippen LogP contribution in [0.1, 0.15) is 31.7 Å². The van der Waals surface area contributed by atoms with Crippen LogP contribution in [-0.4, -0.2) is 46.8 Å². The van der Waals surface area contributed by atoms with Gasteiger partial charge in [0.1, 0.15) is 5.82 Å². The Bertz CT molecular complexity index is 1250. The molecule has 0 amide bonds. The number of rotatable bonds is 5. The summed E-state index contributed by atoms with van der Waals surface area (Å²) in [6.45, 7) is 0.582. The first kappa shape index (κ1) is 20.7. The number of benzene rings is 2. The number of nitrogens with zero attached hydrogens (tertiary/aromatic N) is 3. The molecule has 3 aromatic rings. The summed E-state index contributed by atoms with van der Waals surface area (Å²) in [7, 11) is -3.69. The van der Waals surface area contributed by atoms with Gasteiger partial charge in [-0.05, 0) is 62.1 Å². The van der Waals surface area contributed by atoms with Gasteiger partial charge in [-0.3, -0.25) is 4.68 Å². The van der Waals surface area contributed by atoms with Crippen LogP contribution < -0.4 is 5.32 Å². The van der Waals surface area contributed by atoms with Gasteiger partial charge in [0.25, 0.3) is 0 Å². The van der Waals surface area contributed by atoms with Crippen molar-refractivity contribution in [3.05, 3.63) is 47.2 Å². The van der Waals surface area contributed by atoms with E-state index in [9.17, 15) is 17.9 Å². The number of aliphatic hydroxyl groups excluding tert-OH is 1. The first-order valence-electron chi connectivity index (χ1n) is 10.3. The summed E-state index contributed by atoms with van der Waals surface area (Å²) >= 11 is 6.17. The Labute approximate surface area is 184 Å². The second kappa shape index (κ2) is 7.74. The monoisotopic (exact) mass is 464 g/mol. The lowest BCUT2D eigenvalue weighted by atomic mass is 10.1. The predicted molar refractivity (Wildman–Crippen MR) is 117 cm³/mol. The lowest BCUT2D eigenvalue weighted by Crippen LogP contribution is -2.39. The van der Waals surface area contributed by atoms with E-state index >= 15 is 0 Å². The lowest BCUT2D eigenvalue weighted by molar-refractivity contribution is 0.113. The third-order valence-electron chi connectivity index (χ3n) is 5.82. The van der Waals surface area contributed by atoms with Gasteiger partial charge >= 0.3 is 0 Å². The summed E-state index contributed by atoms with van der Waals surface area (Å²) in [5, 5.41) is 18.4. The molecule has 5 rings (SSSR count). The molecule has 0 spiro atoms. The molecule has 31 heavy (non-hydrogen) atoms. The number of aliphatic hydroxyl groups is 1. The first-order valence-corrected chi connectivity index (χ1v) is 12.1. The Morgan fingerprint density at radius 1 is 1.10 bits per heavy atom. The number of nitrogens with one attached hydrogen (secondary N) is 1. The van der Waals surface area contributed by atoms with Crippen LogP contribution in [0.25, 0.3) is 10.9 Å². The van der Waals surface area contributed by atoms with Gasteiger partial charge in [-0.2, -0.15) is 9.40 Å². The standard InChI is InChI=1S/C21H22ClFN4O3S/c22-18-11-13(23)1-5-19(18)24-21-17-12-16(4-6-20(17)27(25-21)14-2-3-14)31(29,30)26-9-7-15(28)8-10-26/h1,4-6,11-12,14-15,28H,2-3,7-10H2,(H,24,25). The van der Waals surface area contributed by atoms with Crippen LogP contribution in [0, 0.1) is 5.82 Å². The third-order valence-corrected chi connectivity index (χ3v) is 8.02. The van der Waals surface area contributed by atoms with Crippen molar-refractivity contribution in [1.29, 1.82) is 0 Å². The highest BCUT2D eigenvalue weighted by atomic mass is 35.5. The number of hydrogen-bond donors (Lipinski definition) is 2. The molecule has 1 aliphatic carbocycles.